The molecule has 2 atom stereocenters. The van der Waals surface area contributed by atoms with E-state index in [1.54, 1.807) is 0 Å². The summed E-state index contributed by atoms with van der Waals surface area (Å²) >= 11 is 0. The van der Waals surface area contributed by atoms with Crippen molar-refractivity contribution in [1.29, 1.82) is 0 Å². The Labute approximate surface area is 152 Å². The van der Waals surface area contributed by atoms with Gasteiger partial charge in [0.2, 0.25) is 0 Å². The van der Waals surface area contributed by atoms with Gasteiger partial charge in [0.25, 0.3) is 0 Å². The van der Waals surface area contributed by atoms with Crippen LogP contribution >= 0.6 is 0 Å². The predicted molar refractivity (Wildman–Crippen MR) is 99.7 cm³/mol. The number of carbonyl (C=O) groups is 1. The summed E-state index contributed by atoms with van der Waals surface area (Å²) in [6.07, 6.45) is 5.93. The van der Waals surface area contributed by atoms with Crippen LogP contribution in [-0.2, 0) is 16.6 Å². The maximum Gasteiger partial charge on any atom is 0.410 e. The molecule has 1 aromatic heterocycles. The van der Waals surface area contributed by atoms with E-state index in [2.05, 4.69) is 26.8 Å². The molecule has 1 amide bonds. The number of aryl methyl sites for hydroxylation is 1. The molecule has 3 rings (SSSR count). The predicted octanol–water partition coefficient (Wildman–Crippen LogP) is 4.71. The molecular formula is C21H32N2O2. The average Bonchev–Trinajstić information content (AvgIpc) is 2.84. The summed E-state index contributed by atoms with van der Waals surface area (Å²) in [7, 11) is 0. The molecule has 138 valence electrons. The first-order valence-electron chi connectivity index (χ1n) is 9.46. The van der Waals surface area contributed by atoms with Crippen LogP contribution in [0, 0.1) is 5.41 Å². The van der Waals surface area contributed by atoms with E-state index in [9.17, 15) is 4.79 Å². The van der Waals surface area contributed by atoms with E-state index in [1.807, 2.05) is 37.9 Å². The molecule has 1 saturated heterocycles. The molecule has 2 aliphatic rings. The lowest BCUT2D eigenvalue weighted by molar-refractivity contribution is -0.0203. The smallest absolute Gasteiger partial charge is 0.410 e. The minimum absolute atomic E-state index is 0.00184. The quantitative estimate of drug-likeness (QED) is 0.684. The molecule has 0 saturated carbocycles. The minimum Gasteiger partial charge on any atom is -0.444 e. The van der Waals surface area contributed by atoms with Crippen molar-refractivity contribution >= 4 is 6.09 Å². The molecule has 4 nitrogen and oxygen atoms in total. The van der Waals surface area contributed by atoms with Crippen molar-refractivity contribution in [1.82, 2.24) is 9.88 Å². The van der Waals surface area contributed by atoms with Gasteiger partial charge in [0.1, 0.15) is 5.60 Å². The van der Waals surface area contributed by atoms with Gasteiger partial charge in [-0.1, -0.05) is 26.8 Å². The van der Waals surface area contributed by atoms with Crippen LogP contribution < -0.4 is 0 Å². The molecule has 25 heavy (non-hydrogen) atoms. The first kappa shape index (κ1) is 18.2. The molecule has 2 heterocycles. The molecule has 1 fully saturated rings. The van der Waals surface area contributed by atoms with Crippen LogP contribution in [0.5, 0.6) is 0 Å². The normalized spacial score (nSPS) is 26.6. The highest BCUT2D eigenvalue weighted by molar-refractivity contribution is 5.69. The number of aromatic nitrogens is 1. The third kappa shape index (κ3) is 3.54. The maximum absolute atomic E-state index is 12.8. The van der Waals surface area contributed by atoms with E-state index in [4.69, 9.17) is 9.72 Å². The molecule has 1 aliphatic heterocycles. The van der Waals surface area contributed by atoms with E-state index in [1.165, 1.54) is 11.3 Å². The number of ether oxygens (including phenoxy) is 1. The topological polar surface area (TPSA) is 42.4 Å². The van der Waals surface area contributed by atoms with Crippen molar-refractivity contribution in [2.24, 2.45) is 5.41 Å². The molecule has 0 aromatic carbocycles. The molecule has 0 radical (unpaired) electrons. The van der Waals surface area contributed by atoms with Crippen molar-refractivity contribution < 1.29 is 9.53 Å². The lowest BCUT2D eigenvalue weighted by Gasteiger charge is -2.49. The number of hydrogen-bond donors (Lipinski definition) is 0. The molecule has 1 aromatic rings. The van der Waals surface area contributed by atoms with Gasteiger partial charge in [-0.2, -0.15) is 0 Å². The molecule has 1 spiro atoms. The zero-order chi connectivity index (χ0) is 18.5. The number of likely N-dealkylation sites (tertiary alicyclic amines) is 1. The molecule has 0 N–H and O–H groups in total. The third-order valence-electron chi connectivity index (χ3n) is 5.69. The fourth-order valence-electron chi connectivity index (χ4n) is 4.44. The van der Waals surface area contributed by atoms with Gasteiger partial charge in [-0.05, 0) is 63.5 Å². The summed E-state index contributed by atoms with van der Waals surface area (Å²) in [5, 5.41) is 0. The largest absolute Gasteiger partial charge is 0.444 e. The van der Waals surface area contributed by atoms with Gasteiger partial charge in [0.15, 0.2) is 0 Å². The molecular weight excluding hydrogens is 312 g/mol. The van der Waals surface area contributed by atoms with E-state index in [0.717, 1.165) is 32.2 Å². The van der Waals surface area contributed by atoms with Gasteiger partial charge in [0, 0.05) is 29.9 Å². The Bertz CT molecular complexity index is 657. The fourth-order valence-corrected chi connectivity index (χ4v) is 4.44. The van der Waals surface area contributed by atoms with Crippen LogP contribution in [0.3, 0.4) is 0 Å². The second kappa shape index (κ2) is 6.00. The van der Waals surface area contributed by atoms with E-state index < -0.39 is 5.60 Å². The Kier molecular flexibility index (Phi) is 4.37. The number of carbonyl (C=O) groups excluding carboxylic acids is 1. The van der Waals surface area contributed by atoms with Crippen LogP contribution in [0.15, 0.2) is 18.3 Å². The Morgan fingerprint density at radius 1 is 1.24 bits per heavy atom. The Morgan fingerprint density at radius 3 is 2.60 bits per heavy atom. The lowest BCUT2D eigenvalue weighted by atomic mass is 9.67. The van der Waals surface area contributed by atoms with Gasteiger partial charge < -0.3 is 9.64 Å². The van der Waals surface area contributed by atoms with Crippen molar-refractivity contribution in [2.75, 3.05) is 6.54 Å². The third-order valence-corrected chi connectivity index (χ3v) is 5.69. The minimum atomic E-state index is -0.462. The fraction of sp³-hybridized carbons (Fsp3) is 0.714. The second-order valence-corrected chi connectivity index (χ2v) is 9.80. The van der Waals surface area contributed by atoms with Crippen LogP contribution in [0.25, 0.3) is 0 Å². The summed E-state index contributed by atoms with van der Waals surface area (Å²) in [5.74, 6) is 0. The van der Waals surface area contributed by atoms with Gasteiger partial charge in [-0.3, -0.25) is 4.98 Å². The molecule has 1 aliphatic carbocycles. The van der Waals surface area contributed by atoms with Crippen LogP contribution in [0.2, 0.25) is 0 Å². The monoisotopic (exact) mass is 344 g/mol. The maximum atomic E-state index is 12.8. The first-order chi connectivity index (χ1) is 11.5. The summed E-state index contributed by atoms with van der Waals surface area (Å²) in [6.45, 7) is 13.2. The molecule has 2 unspecified atom stereocenters. The lowest BCUT2D eigenvalue weighted by Crippen LogP contribution is -2.56. The Balaban J connectivity index is 1.89. The highest BCUT2D eigenvalue weighted by Gasteiger charge is 2.50. The van der Waals surface area contributed by atoms with Crippen molar-refractivity contribution in [3.8, 4) is 0 Å². The van der Waals surface area contributed by atoms with E-state index in [-0.39, 0.29) is 23.0 Å². The highest BCUT2D eigenvalue weighted by Crippen LogP contribution is 2.49. The average molecular weight is 344 g/mol. The number of amides is 1. The second-order valence-electron chi connectivity index (χ2n) is 9.80. The van der Waals surface area contributed by atoms with Gasteiger partial charge in [0.05, 0.1) is 0 Å². The van der Waals surface area contributed by atoms with E-state index in [0.29, 0.717) is 0 Å². The SMILES string of the molecule is CC(C)(C)OC(=O)N1CCC2(CCc3cccnc32)CC1C(C)(C)C. The van der Waals surface area contributed by atoms with Crippen LogP contribution in [0.1, 0.15) is 72.1 Å². The van der Waals surface area contributed by atoms with E-state index >= 15 is 0 Å². The number of fused-ring (bicyclic) bond motifs is 2. The molecule has 0 bridgehead atoms. The summed E-state index contributed by atoms with van der Waals surface area (Å²) < 4.78 is 5.69. The van der Waals surface area contributed by atoms with Crippen molar-refractivity contribution in [3.63, 3.8) is 0 Å². The number of hydrogen-bond acceptors (Lipinski definition) is 3. The number of nitrogens with zero attached hydrogens (tertiary/aromatic N) is 2. The summed E-state index contributed by atoms with van der Waals surface area (Å²) in [6, 6.07) is 4.40. The Hall–Kier alpha value is -1.58. The highest BCUT2D eigenvalue weighted by atomic mass is 16.6. The number of piperidine rings is 1. The zero-order valence-electron chi connectivity index (χ0n) is 16.6. The number of rotatable bonds is 0. The summed E-state index contributed by atoms with van der Waals surface area (Å²) in [4.78, 5) is 19.5. The van der Waals surface area contributed by atoms with Crippen molar-refractivity contribution in [3.05, 3.63) is 29.6 Å². The molecule has 4 heteroatoms. The van der Waals surface area contributed by atoms with Crippen molar-refractivity contribution in [2.45, 2.75) is 84.3 Å². The Morgan fingerprint density at radius 2 is 1.96 bits per heavy atom. The van der Waals surface area contributed by atoms with Gasteiger partial charge in [-0.15, -0.1) is 0 Å². The first-order valence-corrected chi connectivity index (χ1v) is 9.46. The van der Waals surface area contributed by atoms with Gasteiger partial charge >= 0.3 is 6.09 Å². The zero-order valence-corrected chi connectivity index (χ0v) is 16.6. The summed E-state index contributed by atoms with van der Waals surface area (Å²) in [5.41, 5.74) is 2.32. The van der Waals surface area contributed by atoms with Crippen LogP contribution in [0.4, 0.5) is 4.79 Å². The van der Waals surface area contributed by atoms with Crippen LogP contribution in [-0.4, -0.2) is 34.2 Å². The number of pyridine rings is 1. The standard InChI is InChI=1S/C21H32N2O2/c1-19(2,3)16-14-21(10-9-15-8-7-12-22-17(15)21)11-13-23(16)18(24)25-20(4,5)6/h7-8,12,16H,9-11,13-14H2,1-6H3. The van der Waals surface area contributed by atoms with Gasteiger partial charge in [-0.25, -0.2) is 4.79 Å².